The number of fused-ring (bicyclic) bond motifs is 1. The number of hydrogen-bond acceptors (Lipinski definition) is 7. The Kier molecular flexibility index (Phi) is 7.06. The van der Waals surface area contributed by atoms with Gasteiger partial charge in [0.2, 0.25) is 5.91 Å². The van der Waals surface area contributed by atoms with Crippen molar-refractivity contribution in [3.05, 3.63) is 63.5 Å². The van der Waals surface area contributed by atoms with E-state index >= 15 is 0 Å². The summed E-state index contributed by atoms with van der Waals surface area (Å²) in [4.78, 5) is 38.8. The first-order valence-corrected chi connectivity index (χ1v) is 10.6. The van der Waals surface area contributed by atoms with E-state index in [0.717, 1.165) is 4.88 Å². The number of carbonyl (C=O) groups is 3. The summed E-state index contributed by atoms with van der Waals surface area (Å²) in [5, 5.41) is 24.9. The van der Waals surface area contributed by atoms with E-state index < -0.39 is 23.3 Å². The normalized spacial score (nSPS) is 19.8. The van der Waals surface area contributed by atoms with Crippen LogP contribution in [0.5, 0.6) is 0 Å². The van der Waals surface area contributed by atoms with Crippen LogP contribution in [0.2, 0.25) is 0 Å². The molecule has 146 valence electrons. The maximum atomic E-state index is 12.7. The van der Waals surface area contributed by atoms with Crippen molar-refractivity contribution in [2.24, 2.45) is 0 Å². The van der Waals surface area contributed by atoms with Gasteiger partial charge >= 0.3 is 29.6 Å². The number of nitrogens with one attached hydrogen (secondary N) is 1. The van der Waals surface area contributed by atoms with E-state index in [4.69, 9.17) is 5.26 Å². The molecule has 1 aromatic carbocycles. The topological polar surface area (TPSA) is 113 Å². The van der Waals surface area contributed by atoms with Crippen molar-refractivity contribution in [1.29, 1.82) is 5.26 Å². The van der Waals surface area contributed by atoms with Crippen molar-refractivity contribution >= 4 is 46.5 Å². The van der Waals surface area contributed by atoms with Crippen LogP contribution in [-0.2, 0) is 20.8 Å². The van der Waals surface area contributed by atoms with Gasteiger partial charge in [-0.2, -0.15) is 5.26 Å². The second-order valence-electron chi connectivity index (χ2n) is 6.51. The SMILES string of the molecule is N#Cc1ccc(C2=C(C(=O)[O-])N3C(=O)[C@@H](NC(=O)Cc4cccs4)[C@@H]3SC2)cc1.[Na+]. The maximum absolute atomic E-state index is 12.7. The van der Waals surface area contributed by atoms with Gasteiger partial charge in [0, 0.05) is 10.6 Å². The minimum absolute atomic E-state index is 0. The molecule has 7 nitrogen and oxygen atoms in total. The van der Waals surface area contributed by atoms with Crippen LogP contribution < -0.4 is 40.0 Å². The second-order valence-corrected chi connectivity index (χ2v) is 8.65. The maximum Gasteiger partial charge on any atom is 1.00 e. The summed E-state index contributed by atoms with van der Waals surface area (Å²) in [6.45, 7) is 0. The Morgan fingerprint density at radius 3 is 2.60 bits per heavy atom. The minimum atomic E-state index is -1.44. The quantitative estimate of drug-likeness (QED) is 0.409. The molecule has 0 unspecified atom stereocenters. The van der Waals surface area contributed by atoms with Crippen LogP contribution in [-0.4, -0.2) is 39.9 Å². The number of β-lactam (4-membered cyclic amide) rings is 1. The predicted octanol–water partition coefficient (Wildman–Crippen LogP) is -2.27. The van der Waals surface area contributed by atoms with Crippen LogP contribution in [0.1, 0.15) is 16.0 Å². The van der Waals surface area contributed by atoms with Crippen LogP contribution in [0, 0.1) is 11.3 Å². The van der Waals surface area contributed by atoms with E-state index in [1.54, 1.807) is 24.3 Å². The number of nitriles is 1. The van der Waals surface area contributed by atoms with Crippen LogP contribution in [0.25, 0.3) is 5.57 Å². The summed E-state index contributed by atoms with van der Waals surface area (Å²) in [7, 11) is 0. The minimum Gasteiger partial charge on any atom is -0.543 e. The Morgan fingerprint density at radius 2 is 2.00 bits per heavy atom. The Labute approximate surface area is 203 Å². The molecule has 2 aromatic rings. The summed E-state index contributed by atoms with van der Waals surface area (Å²) in [6, 6.07) is 11.4. The zero-order valence-electron chi connectivity index (χ0n) is 16.0. The molecule has 3 heterocycles. The zero-order chi connectivity index (χ0) is 20.5. The molecule has 0 aliphatic carbocycles. The van der Waals surface area contributed by atoms with Gasteiger partial charge in [0.25, 0.3) is 5.91 Å². The standard InChI is InChI=1S/C20H15N3O4S2.Na/c21-9-11-3-5-12(6-4-11)14-10-29-19-16(18(25)23(19)17(14)20(26)27)22-15(24)8-13-2-1-7-28-13;/h1-7,16,19H,8,10H2,(H,22,24)(H,26,27);/q;+1/p-1/t16-,19+;/m1./s1. The fourth-order valence-electron chi connectivity index (χ4n) is 3.37. The van der Waals surface area contributed by atoms with Gasteiger partial charge in [0.05, 0.1) is 29.7 Å². The first-order chi connectivity index (χ1) is 14.0. The van der Waals surface area contributed by atoms with Crippen molar-refractivity contribution < 1.29 is 49.0 Å². The number of thiophene rings is 1. The van der Waals surface area contributed by atoms with Crippen molar-refractivity contribution in [2.75, 3.05) is 5.75 Å². The van der Waals surface area contributed by atoms with Crippen LogP contribution in [0.4, 0.5) is 0 Å². The van der Waals surface area contributed by atoms with E-state index in [9.17, 15) is 19.5 Å². The van der Waals surface area contributed by atoms with Gasteiger partial charge in [-0.1, -0.05) is 18.2 Å². The summed E-state index contributed by atoms with van der Waals surface area (Å²) in [5.41, 5.74) is 1.37. The molecule has 30 heavy (non-hydrogen) atoms. The van der Waals surface area contributed by atoms with E-state index in [2.05, 4.69) is 5.32 Å². The summed E-state index contributed by atoms with van der Waals surface area (Å²) in [6.07, 6.45) is 0.179. The van der Waals surface area contributed by atoms with Crippen LogP contribution in [0.15, 0.2) is 47.5 Å². The molecule has 2 amide bonds. The molecule has 1 N–H and O–H groups in total. The van der Waals surface area contributed by atoms with Gasteiger partial charge < -0.3 is 15.2 Å². The molecule has 0 spiro atoms. The third-order valence-electron chi connectivity index (χ3n) is 4.76. The number of carboxylic acids is 1. The largest absolute Gasteiger partial charge is 1.00 e. The van der Waals surface area contributed by atoms with Gasteiger partial charge in [-0.25, -0.2) is 0 Å². The number of rotatable bonds is 5. The number of benzene rings is 1. The Balaban J connectivity index is 0.00000256. The molecule has 1 fully saturated rings. The molecule has 2 atom stereocenters. The van der Waals surface area contributed by atoms with Crippen molar-refractivity contribution in [1.82, 2.24) is 10.2 Å². The predicted molar refractivity (Wildman–Crippen MR) is 106 cm³/mol. The first kappa shape index (κ1) is 22.6. The number of carbonyl (C=O) groups excluding carboxylic acids is 3. The third-order valence-corrected chi connectivity index (χ3v) is 6.91. The molecular formula is C20H14N3NaO4S2. The molecule has 2 aliphatic rings. The average Bonchev–Trinajstić information content (AvgIpc) is 3.23. The first-order valence-electron chi connectivity index (χ1n) is 8.71. The van der Waals surface area contributed by atoms with Gasteiger partial charge in [0.15, 0.2) is 0 Å². The van der Waals surface area contributed by atoms with E-state index in [1.165, 1.54) is 28.0 Å². The molecule has 2 aliphatic heterocycles. The van der Waals surface area contributed by atoms with Crippen molar-refractivity contribution in [3.63, 3.8) is 0 Å². The van der Waals surface area contributed by atoms with E-state index in [0.29, 0.717) is 22.5 Å². The Bertz CT molecular complexity index is 1060. The number of hydrogen-bond donors (Lipinski definition) is 1. The van der Waals surface area contributed by atoms with Crippen LogP contribution in [0.3, 0.4) is 0 Å². The van der Waals surface area contributed by atoms with Gasteiger partial charge in [-0.05, 0) is 34.7 Å². The van der Waals surface area contributed by atoms with Gasteiger partial charge in [0.1, 0.15) is 11.4 Å². The number of thioether (sulfide) groups is 1. The number of amides is 2. The summed E-state index contributed by atoms with van der Waals surface area (Å²) < 4.78 is 0. The fourth-order valence-corrected chi connectivity index (χ4v) is 5.45. The monoisotopic (exact) mass is 447 g/mol. The number of nitrogens with zero attached hydrogens (tertiary/aromatic N) is 2. The molecular weight excluding hydrogens is 433 g/mol. The summed E-state index contributed by atoms with van der Waals surface area (Å²) >= 11 is 2.85. The van der Waals surface area contributed by atoms with E-state index in [-0.39, 0.29) is 47.6 Å². The van der Waals surface area contributed by atoms with Crippen molar-refractivity contribution in [3.8, 4) is 6.07 Å². The molecule has 1 aromatic heterocycles. The molecule has 0 saturated carbocycles. The fraction of sp³-hybridized carbons (Fsp3) is 0.200. The number of aliphatic carboxylic acids is 1. The van der Waals surface area contributed by atoms with Crippen molar-refractivity contribution in [2.45, 2.75) is 17.8 Å². The molecule has 0 bridgehead atoms. The van der Waals surface area contributed by atoms with E-state index in [1.807, 2.05) is 23.6 Å². The summed E-state index contributed by atoms with van der Waals surface area (Å²) in [5.74, 6) is -1.83. The molecule has 4 rings (SSSR count). The molecule has 0 radical (unpaired) electrons. The third kappa shape index (κ3) is 4.19. The van der Waals surface area contributed by atoms with Crippen LogP contribution >= 0.6 is 23.1 Å². The zero-order valence-corrected chi connectivity index (χ0v) is 19.6. The second kappa shape index (κ2) is 9.37. The molecule has 10 heteroatoms. The Hall–Kier alpha value is -2.09. The van der Waals surface area contributed by atoms with Gasteiger partial charge in [-0.15, -0.1) is 23.1 Å². The molecule has 1 saturated heterocycles. The average molecular weight is 447 g/mol. The Morgan fingerprint density at radius 1 is 1.27 bits per heavy atom. The smallest absolute Gasteiger partial charge is 0.543 e. The van der Waals surface area contributed by atoms with Gasteiger partial charge in [-0.3, -0.25) is 14.5 Å². The number of carboxylic acid groups (broad SMARTS) is 1.